The van der Waals surface area contributed by atoms with Gasteiger partial charge in [0.1, 0.15) is 0 Å². The molecule has 0 amide bonds. The molecule has 26 heavy (non-hydrogen) atoms. The van der Waals surface area contributed by atoms with Gasteiger partial charge in [0, 0.05) is 35.6 Å². The molecule has 2 N–H and O–H groups in total. The number of aromatic nitrogens is 2. The van der Waals surface area contributed by atoms with E-state index in [1.165, 1.54) is 11.3 Å². The molecule has 3 rings (SSSR count). The summed E-state index contributed by atoms with van der Waals surface area (Å²) in [6.45, 7) is 2.48. The van der Waals surface area contributed by atoms with E-state index >= 15 is 0 Å². The summed E-state index contributed by atoms with van der Waals surface area (Å²) >= 11 is 1.49. The molecular weight excluding hydrogens is 368 g/mol. The van der Waals surface area contributed by atoms with E-state index in [4.69, 9.17) is 0 Å². The first-order valence-electron chi connectivity index (χ1n) is 8.31. The van der Waals surface area contributed by atoms with Gasteiger partial charge in [0.2, 0.25) is 10.0 Å². The van der Waals surface area contributed by atoms with E-state index in [0.29, 0.717) is 6.54 Å². The average molecular weight is 389 g/mol. The SMILES string of the molecule is CCCCNS(=O)(=O)c1ccc(Nc2nc(-c3ccncc3)cs2)cc1. The lowest BCUT2D eigenvalue weighted by atomic mass is 10.2. The molecule has 0 spiro atoms. The molecule has 2 heterocycles. The van der Waals surface area contributed by atoms with Crippen LogP contribution in [-0.4, -0.2) is 24.9 Å². The molecule has 0 bridgehead atoms. The Bertz CT molecular complexity index is 939. The molecule has 0 unspecified atom stereocenters. The minimum Gasteiger partial charge on any atom is -0.332 e. The molecule has 0 aliphatic carbocycles. The zero-order valence-electron chi connectivity index (χ0n) is 14.3. The van der Waals surface area contributed by atoms with E-state index in [1.807, 2.05) is 24.4 Å². The smallest absolute Gasteiger partial charge is 0.240 e. The van der Waals surface area contributed by atoms with Crippen LogP contribution in [0.5, 0.6) is 0 Å². The molecule has 0 aliphatic rings. The Balaban J connectivity index is 1.67. The zero-order valence-corrected chi connectivity index (χ0v) is 16.0. The van der Waals surface area contributed by atoms with Gasteiger partial charge in [0.25, 0.3) is 0 Å². The van der Waals surface area contributed by atoms with E-state index in [1.54, 1.807) is 36.7 Å². The molecule has 0 aliphatic heterocycles. The predicted molar refractivity (Wildman–Crippen MR) is 105 cm³/mol. The van der Waals surface area contributed by atoms with Crippen molar-refractivity contribution in [1.82, 2.24) is 14.7 Å². The zero-order chi connectivity index (χ0) is 18.4. The third-order valence-corrected chi connectivity index (χ3v) is 5.95. The standard InChI is InChI=1S/C18H20N4O2S2/c1-2-3-10-20-26(23,24)16-6-4-15(5-7-16)21-18-22-17(13-25-18)14-8-11-19-12-9-14/h4-9,11-13,20H,2-3,10H2,1H3,(H,21,22). The van der Waals surface area contributed by atoms with E-state index in [0.717, 1.165) is 34.9 Å². The molecular formula is C18H20N4O2S2. The van der Waals surface area contributed by atoms with Gasteiger partial charge in [0.05, 0.1) is 10.6 Å². The fraction of sp³-hybridized carbons (Fsp3) is 0.222. The molecule has 0 saturated carbocycles. The number of anilines is 2. The van der Waals surface area contributed by atoms with Crippen LogP contribution >= 0.6 is 11.3 Å². The number of unbranched alkanes of at least 4 members (excludes halogenated alkanes) is 1. The number of hydrogen-bond donors (Lipinski definition) is 2. The maximum absolute atomic E-state index is 12.2. The molecule has 0 fully saturated rings. The van der Waals surface area contributed by atoms with Crippen molar-refractivity contribution in [1.29, 1.82) is 0 Å². The van der Waals surface area contributed by atoms with Crippen molar-refractivity contribution in [3.8, 4) is 11.3 Å². The molecule has 0 atom stereocenters. The lowest BCUT2D eigenvalue weighted by Gasteiger charge is -2.07. The molecule has 6 nitrogen and oxygen atoms in total. The lowest BCUT2D eigenvalue weighted by Crippen LogP contribution is -2.24. The van der Waals surface area contributed by atoms with Gasteiger partial charge in [-0.3, -0.25) is 4.98 Å². The van der Waals surface area contributed by atoms with E-state index in [-0.39, 0.29) is 4.90 Å². The Morgan fingerprint density at radius 2 is 1.81 bits per heavy atom. The number of benzene rings is 1. The highest BCUT2D eigenvalue weighted by molar-refractivity contribution is 7.89. The molecule has 0 radical (unpaired) electrons. The Hall–Kier alpha value is -2.29. The number of hydrogen-bond acceptors (Lipinski definition) is 6. The summed E-state index contributed by atoms with van der Waals surface area (Å²) in [5.74, 6) is 0. The van der Waals surface area contributed by atoms with Gasteiger partial charge in [-0.2, -0.15) is 0 Å². The van der Waals surface area contributed by atoms with Crippen LogP contribution < -0.4 is 10.0 Å². The number of pyridine rings is 1. The van der Waals surface area contributed by atoms with Gasteiger partial charge in [-0.05, 0) is 42.8 Å². The van der Waals surface area contributed by atoms with Gasteiger partial charge in [0.15, 0.2) is 5.13 Å². The van der Waals surface area contributed by atoms with Crippen LogP contribution in [0.1, 0.15) is 19.8 Å². The quantitative estimate of drug-likeness (QED) is 0.569. The summed E-state index contributed by atoms with van der Waals surface area (Å²) in [7, 11) is -3.45. The van der Waals surface area contributed by atoms with Crippen LogP contribution in [0.2, 0.25) is 0 Å². The summed E-state index contributed by atoms with van der Waals surface area (Å²) < 4.78 is 27.0. The highest BCUT2D eigenvalue weighted by Gasteiger charge is 2.13. The second kappa shape index (κ2) is 8.39. The minimum atomic E-state index is -3.45. The Morgan fingerprint density at radius 1 is 1.08 bits per heavy atom. The molecule has 2 aromatic heterocycles. The van der Waals surface area contributed by atoms with Crippen molar-refractivity contribution in [2.24, 2.45) is 0 Å². The van der Waals surface area contributed by atoms with Gasteiger partial charge in [-0.1, -0.05) is 13.3 Å². The van der Waals surface area contributed by atoms with E-state index in [2.05, 4.69) is 20.0 Å². The fourth-order valence-corrected chi connectivity index (χ4v) is 4.11. The van der Waals surface area contributed by atoms with Crippen molar-refractivity contribution in [2.45, 2.75) is 24.7 Å². The first-order chi connectivity index (χ1) is 12.6. The normalized spacial score (nSPS) is 11.4. The van der Waals surface area contributed by atoms with Crippen molar-refractivity contribution in [3.05, 3.63) is 54.2 Å². The maximum atomic E-state index is 12.2. The highest BCUT2D eigenvalue weighted by Crippen LogP contribution is 2.27. The molecule has 1 aromatic carbocycles. The predicted octanol–water partition coefficient (Wildman–Crippen LogP) is 4.03. The highest BCUT2D eigenvalue weighted by atomic mass is 32.2. The summed E-state index contributed by atoms with van der Waals surface area (Å²) in [6.07, 6.45) is 5.23. The van der Waals surface area contributed by atoms with Gasteiger partial charge in [-0.25, -0.2) is 18.1 Å². The summed E-state index contributed by atoms with van der Waals surface area (Å²) in [4.78, 5) is 8.81. The van der Waals surface area contributed by atoms with Crippen molar-refractivity contribution >= 4 is 32.2 Å². The topological polar surface area (TPSA) is 84.0 Å². The lowest BCUT2D eigenvalue weighted by molar-refractivity contribution is 0.578. The van der Waals surface area contributed by atoms with Crippen LogP contribution in [0.25, 0.3) is 11.3 Å². The fourth-order valence-electron chi connectivity index (χ4n) is 2.29. The van der Waals surface area contributed by atoms with Gasteiger partial charge >= 0.3 is 0 Å². The van der Waals surface area contributed by atoms with Crippen LogP contribution in [0, 0.1) is 0 Å². The van der Waals surface area contributed by atoms with E-state index < -0.39 is 10.0 Å². The number of rotatable bonds is 8. The Labute approximate surface area is 157 Å². The third kappa shape index (κ3) is 4.66. The maximum Gasteiger partial charge on any atom is 0.240 e. The third-order valence-electron chi connectivity index (χ3n) is 3.72. The monoisotopic (exact) mass is 388 g/mol. The van der Waals surface area contributed by atoms with Crippen LogP contribution in [0.3, 0.4) is 0 Å². The first kappa shape index (κ1) is 18.5. The van der Waals surface area contributed by atoms with Gasteiger partial charge in [-0.15, -0.1) is 11.3 Å². The van der Waals surface area contributed by atoms with Crippen molar-refractivity contribution < 1.29 is 8.42 Å². The molecule has 8 heteroatoms. The van der Waals surface area contributed by atoms with Gasteiger partial charge < -0.3 is 5.32 Å². The Kier molecular flexibility index (Phi) is 5.97. The average Bonchev–Trinajstić information content (AvgIpc) is 3.12. The Morgan fingerprint density at radius 3 is 2.50 bits per heavy atom. The van der Waals surface area contributed by atoms with Crippen molar-refractivity contribution in [2.75, 3.05) is 11.9 Å². The van der Waals surface area contributed by atoms with Crippen molar-refractivity contribution in [3.63, 3.8) is 0 Å². The molecule has 3 aromatic rings. The van der Waals surface area contributed by atoms with Crippen LogP contribution in [0.15, 0.2) is 59.1 Å². The number of thiazole rings is 1. The number of nitrogens with zero attached hydrogens (tertiary/aromatic N) is 2. The van der Waals surface area contributed by atoms with Crippen LogP contribution in [0.4, 0.5) is 10.8 Å². The molecule has 0 saturated heterocycles. The molecule has 136 valence electrons. The number of sulfonamides is 1. The second-order valence-corrected chi connectivity index (χ2v) is 8.30. The summed E-state index contributed by atoms with van der Waals surface area (Å²) in [5.41, 5.74) is 2.66. The van der Waals surface area contributed by atoms with Crippen LogP contribution in [-0.2, 0) is 10.0 Å². The summed E-state index contributed by atoms with van der Waals surface area (Å²) in [6, 6.07) is 10.5. The van der Waals surface area contributed by atoms with E-state index in [9.17, 15) is 8.42 Å². The minimum absolute atomic E-state index is 0.260. The first-order valence-corrected chi connectivity index (χ1v) is 10.7. The number of nitrogens with one attached hydrogen (secondary N) is 2. The second-order valence-electron chi connectivity index (χ2n) is 5.67. The largest absolute Gasteiger partial charge is 0.332 e. The summed E-state index contributed by atoms with van der Waals surface area (Å²) in [5, 5.41) is 5.91.